The Bertz CT molecular complexity index is 602. The molecule has 0 saturated carbocycles. The number of hydrogen-bond acceptors (Lipinski definition) is 2. The van der Waals surface area contributed by atoms with Gasteiger partial charge in [0.05, 0.1) is 0 Å². The van der Waals surface area contributed by atoms with Crippen LogP contribution >= 0.6 is 11.6 Å². The van der Waals surface area contributed by atoms with Crippen molar-refractivity contribution in [1.82, 2.24) is 5.32 Å². The van der Waals surface area contributed by atoms with Crippen molar-refractivity contribution in [2.24, 2.45) is 0 Å². The fourth-order valence-corrected chi connectivity index (χ4v) is 3.52. The SMILES string of the molecule is C=C(NC)C(CC)(CC)Oc1ccc(Cl)cc1C(C)C/C(C)=C\CC. The zero-order valence-electron chi connectivity index (χ0n) is 16.7. The molecule has 0 aliphatic rings. The highest BCUT2D eigenvalue weighted by atomic mass is 35.5. The Labute approximate surface area is 159 Å². The Hall–Kier alpha value is -1.41. The van der Waals surface area contributed by atoms with Crippen LogP contribution in [0.2, 0.25) is 5.02 Å². The highest BCUT2D eigenvalue weighted by molar-refractivity contribution is 6.30. The van der Waals surface area contributed by atoms with Crippen molar-refractivity contribution < 1.29 is 4.74 Å². The Morgan fingerprint density at radius 3 is 2.48 bits per heavy atom. The van der Waals surface area contributed by atoms with E-state index in [1.54, 1.807) is 0 Å². The minimum atomic E-state index is -0.411. The molecule has 0 radical (unpaired) electrons. The second-order valence-corrected chi connectivity index (χ2v) is 7.21. The van der Waals surface area contributed by atoms with E-state index in [-0.39, 0.29) is 0 Å². The zero-order chi connectivity index (χ0) is 19.0. The molecule has 1 atom stereocenters. The van der Waals surface area contributed by atoms with Gasteiger partial charge in [-0.25, -0.2) is 0 Å². The molecule has 2 nitrogen and oxygen atoms in total. The van der Waals surface area contributed by atoms with Crippen molar-refractivity contribution in [1.29, 1.82) is 0 Å². The quantitative estimate of drug-likeness (QED) is 0.458. The highest BCUT2D eigenvalue weighted by Crippen LogP contribution is 2.37. The molecule has 1 aromatic carbocycles. The van der Waals surface area contributed by atoms with E-state index in [1.807, 2.05) is 25.2 Å². The number of benzene rings is 1. The van der Waals surface area contributed by atoms with E-state index in [4.69, 9.17) is 16.3 Å². The lowest BCUT2D eigenvalue weighted by atomic mass is 9.91. The van der Waals surface area contributed by atoms with Gasteiger partial charge in [-0.1, -0.05) is 57.5 Å². The standard InChI is InChI=1S/C22H34ClNO/c1-8-11-16(4)14-17(5)20-15-19(23)12-13-21(20)25-22(9-2,10-3)18(6)24-7/h11-13,15,17,24H,6,8-10,14H2,1-5,7H3/b16-11-. The first-order valence-corrected chi connectivity index (χ1v) is 9.72. The lowest BCUT2D eigenvalue weighted by Crippen LogP contribution is -2.41. The van der Waals surface area contributed by atoms with Crippen molar-refractivity contribution in [2.45, 2.75) is 71.8 Å². The Morgan fingerprint density at radius 1 is 1.32 bits per heavy atom. The van der Waals surface area contributed by atoms with E-state index in [1.165, 1.54) is 5.57 Å². The van der Waals surface area contributed by atoms with Crippen LogP contribution in [0.5, 0.6) is 5.75 Å². The maximum atomic E-state index is 6.56. The summed E-state index contributed by atoms with van der Waals surface area (Å²) in [5, 5.41) is 3.93. The molecule has 1 aromatic rings. The molecule has 0 bridgehead atoms. The van der Waals surface area contributed by atoms with Crippen LogP contribution in [-0.2, 0) is 0 Å². The molecule has 0 saturated heterocycles. The number of rotatable bonds is 10. The summed E-state index contributed by atoms with van der Waals surface area (Å²) in [6.07, 6.45) is 6.06. The Balaban J connectivity index is 3.23. The Morgan fingerprint density at radius 2 is 1.96 bits per heavy atom. The molecule has 0 fully saturated rings. The van der Waals surface area contributed by atoms with Crippen LogP contribution in [0.4, 0.5) is 0 Å². The summed E-state index contributed by atoms with van der Waals surface area (Å²) in [5.41, 5.74) is 3.06. The normalized spacial score (nSPS) is 13.5. The highest BCUT2D eigenvalue weighted by Gasteiger charge is 2.32. The van der Waals surface area contributed by atoms with Gasteiger partial charge >= 0.3 is 0 Å². The summed E-state index contributed by atoms with van der Waals surface area (Å²) >= 11 is 6.29. The molecule has 140 valence electrons. The number of halogens is 1. The van der Waals surface area contributed by atoms with Gasteiger partial charge in [-0.05, 0) is 62.3 Å². The van der Waals surface area contributed by atoms with Crippen LogP contribution in [0.15, 0.2) is 42.1 Å². The number of nitrogens with one attached hydrogen (secondary N) is 1. The molecule has 1 unspecified atom stereocenters. The third-order valence-electron chi connectivity index (χ3n) is 4.98. The molecular formula is C22H34ClNO. The molecule has 0 heterocycles. The maximum absolute atomic E-state index is 6.56. The molecule has 0 spiro atoms. The summed E-state index contributed by atoms with van der Waals surface area (Å²) in [7, 11) is 1.90. The van der Waals surface area contributed by atoms with E-state index in [2.05, 4.69) is 52.6 Å². The van der Waals surface area contributed by atoms with Gasteiger partial charge in [0.1, 0.15) is 11.4 Å². The predicted molar refractivity (Wildman–Crippen MR) is 111 cm³/mol. The zero-order valence-corrected chi connectivity index (χ0v) is 17.5. The second-order valence-electron chi connectivity index (χ2n) is 6.78. The van der Waals surface area contributed by atoms with Gasteiger partial charge in [-0.3, -0.25) is 0 Å². The second kappa shape index (κ2) is 9.91. The van der Waals surface area contributed by atoms with Crippen LogP contribution < -0.4 is 10.1 Å². The molecule has 0 amide bonds. The van der Waals surface area contributed by atoms with E-state index in [0.29, 0.717) is 5.92 Å². The van der Waals surface area contributed by atoms with Crippen molar-refractivity contribution in [3.8, 4) is 5.75 Å². The van der Waals surface area contributed by atoms with Gasteiger partial charge in [-0.15, -0.1) is 0 Å². The maximum Gasteiger partial charge on any atom is 0.147 e. The number of hydrogen-bond donors (Lipinski definition) is 1. The van der Waals surface area contributed by atoms with Gasteiger partial charge in [0.25, 0.3) is 0 Å². The van der Waals surface area contributed by atoms with Crippen LogP contribution in [0.1, 0.15) is 71.8 Å². The van der Waals surface area contributed by atoms with E-state index in [9.17, 15) is 0 Å². The third kappa shape index (κ3) is 5.54. The molecule has 1 rings (SSSR count). The molecule has 3 heteroatoms. The largest absolute Gasteiger partial charge is 0.481 e. The summed E-state index contributed by atoms with van der Waals surface area (Å²) in [5.74, 6) is 1.24. The fourth-order valence-electron chi connectivity index (χ4n) is 3.34. The summed E-state index contributed by atoms with van der Waals surface area (Å²) in [4.78, 5) is 0. The minimum Gasteiger partial charge on any atom is -0.481 e. The summed E-state index contributed by atoms with van der Waals surface area (Å²) < 4.78 is 6.56. The monoisotopic (exact) mass is 363 g/mol. The Kier molecular flexibility index (Phi) is 8.58. The van der Waals surface area contributed by atoms with E-state index < -0.39 is 5.60 Å². The summed E-state index contributed by atoms with van der Waals surface area (Å²) in [6.45, 7) is 15.0. The molecule has 0 aliphatic heterocycles. The van der Waals surface area contributed by atoms with Gasteiger partial charge in [0, 0.05) is 17.8 Å². The number of likely N-dealkylation sites (N-methyl/N-ethyl adjacent to an activating group) is 1. The third-order valence-corrected chi connectivity index (χ3v) is 5.22. The van der Waals surface area contributed by atoms with Gasteiger partial charge in [-0.2, -0.15) is 0 Å². The van der Waals surface area contributed by atoms with Crippen molar-refractivity contribution in [3.63, 3.8) is 0 Å². The van der Waals surface area contributed by atoms with E-state index >= 15 is 0 Å². The number of ether oxygens (including phenoxy) is 1. The molecule has 1 N–H and O–H groups in total. The smallest absolute Gasteiger partial charge is 0.147 e. The van der Waals surface area contributed by atoms with Crippen LogP contribution in [0, 0.1) is 0 Å². The van der Waals surface area contributed by atoms with Crippen LogP contribution in [-0.4, -0.2) is 12.6 Å². The topological polar surface area (TPSA) is 21.3 Å². The summed E-state index contributed by atoms with van der Waals surface area (Å²) in [6, 6.07) is 5.94. The van der Waals surface area contributed by atoms with Gasteiger partial charge in [0.15, 0.2) is 0 Å². The van der Waals surface area contributed by atoms with E-state index in [0.717, 1.165) is 47.7 Å². The van der Waals surface area contributed by atoms with Crippen LogP contribution in [0.3, 0.4) is 0 Å². The first kappa shape index (κ1) is 21.6. The molecule has 0 aliphatic carbocycles. The van der Waals surface area contributed by atoms with Gasteiger partial charge < -0.3 is 10.1 Å². The molecular weight excluding hydrogens is 330 g/mol. The van der Waals surface area contributed by atoms with Crippen molar-refractivity contribution in [3.05, 3.63) is 52.7 Å². The first-order chi connectivity index (χ1) is 11.8. The number of allylic oxidation sites excluding steroid dienone is 2. The van der Waals surface area contributed by atoms with Crippen molar-refractivity contribution in [2.75, 3.05) is 7.05 Å². The van der Waals surface area contributed by atoms with Gasteiger partial charge in [0.2, 0.25) is 0 Å². The minimum absolute atomic E-state index is 0.339. The lowest BCUT2D eigenvalue weighted by Gasteiger charge is -2.35. The predicted octanol–water partition coefficient (Wildman–Crippen LogP) is 6.86. The van der Waals surface area contributed by atoms with Crippen molar-refractivity contribution >= 4 is 11.6 Å². The fraction of sp³-hybridized carbons (Fsp3) is 0.545. The lowest BCUT2D eigenvalue weighted by molar-refractivity contribution is 0.0908. The first-order valence-electron chi connectivity index (χ1n) is 9.34. The average Bonchev–Trinajstić information content (AvgIpc) is 2.60. The average molecular weight is 364 g/mol. The molecule has 25 heavy (non-hydrogen) atoms. The van der Waals surface area contributed by atoms with Crippen LogP contribution in [0.25, 0.3) is 0 Å². The molecule has 0 aromatic heterocycles.